The molecular formula is C21H30F3N3O2. The molecule has 1 N–H and O–H groups in total. The Morgan fingerprint density at radius 2 is 1.66 bits per heavy atom. The third kappa shape index (κ3) is 6.01. The van der Waals surface area contributed by atoms with Gasteiger partial charge in [0.25, 0.3) is 0 Å². The zero-order chi connectivity index (χ0) is 21.2. The number of nitrogens with one attached hydrogen (secondary N) is 1. The maximum Gasteiger partial charge on any atom is 0.416 e. The van der Waals surface area contributed by atoms with E-state index in [4.69, 9.17) is 4.74 Å². The lowest BCUT2D eigenvalue weighted by Gasteiger charge is -2.38. The molecule has 0 atom stereocenters. The molecule has 2 heterocycles. The minimum Gasteiger partial charge on any atom is -0.444 e. The highest BCUT2D eigenvalue weighted by molar-refractivity contribution is 5.86. The molecule has 2 aliphatic heterocycles. The molecule has 0 unspecified atom stereocenters. The normalized spacial score (nSPS) is 19.4. The number of carbonyl (C=O) groups is 1. The fourth-order valence-corrected chi connectivity index (χ4v) is 4.05. The van der Waals surface area contributed by atoms with Crippen LogP contribution in [0.5, 0.6) is 0 Å². The van der Waals surface area contributed by atoms with Gasteiger partial charge in [0, 0.05) is 30.5 Å². The molecule has 3 rings (SSSR count). The van der Waals surface area contributed by atoms with Gasteiger partial charge in [0.2, 0.25) is 0 Å². The zero-order valence-electron chi connectivity index (χ0n) is 17.3. The van der Waals surface area contributed by atoms with Gasteiger partial charge in [0.05, 0.1) is 5.56 Å². The second-order valence-corrected chi connectivity index (χ2v) is 8.85. The van der Waals surface area contributed by atoms with Crippen LogP contribution in [-0.2, 0) is 10.9 Å². The van der Waals surface area contributed by atoms with Crippen molar-refractivity contribution in [2.24, 2.45) is 0 Å². The minimum atomic E-state index is -4.49. The Kier molecular flexibility index (Phi) is 6.31. The second-order valence-electron chi connectivity index (χ2n) is 8.85. The summed E-state index contributed by atoms with van der Waals surface area (Å²) in [7, 11) is 0. The molecule has 2 saturated heterocycles. The van der Waals surface area contributed by atoms with Crippen LogP contribution in [0.4, 0.5) is 29.3 Å². The Bertz CT molecular complexity index is 717. The van der Waals surface area contributed by atoms with Crippen LogP contribution in [0.1, 0.15) is 52.0 Å². The van der Waals surface area contributed by atoms with E-state index in [2.05, 4.69) is 10.2 Å². The summed E-state index contributed by atoms with van der Waals surface area (Å²) in [4.78, 5) is 16.5. The van der Waals surface area contributed by atoms with E-state index >= 15 is 0 Å². The Labute approximate surface area is 170 Å². The molecule has 5 nitrogen and oxygen atoms in total. The van der Waals surface area contributed by atoms with E-state index in [9.17, 15) is 18.0 Å². The first-order chi connectivity index (χ1) is 13.5. The molecule has 1 amide bonds. The van der Waals surface area contributed by atoms with Crippen LogP contribution in [0.15, 0.2) is 18.2 Å². The summed E-state index contributed by atoms with van der Waals surface area (Å²) in [5.41, 5.74) is -0.939. The van der Waals surface area contributed by atoms with E-state index in [1.807, 2.05) is 4.90 Å². The number of carbonyl (C=O) groups excluding carboxylic acids is 1. The molecule has 0 aliphatic carbocycles. The number of likely N-dealkylation sites (tertiary alicyclic amines) is 1. The van der Waals surface area contributed by atoms with Crippen LogP contribution in [0.25, 0.3) is 0 Å². The van der Waals surface area contributed by atoms with Gasteiger partial charge in [-0.15, -0.1) is 0 Å². The summed E-state index contributed by atoms with van der Waals surface area (Å²) < 4.78 is 45.4. The number of ether oxygens (including phenoxy) is 1. The van der Waals surface area contributed by atoms with Crippen molar-refractivity contribution >= 4 is 17.5 Å². The Hall–Kier alpha value is -1.96. The van der Waals surface area contributed by atoms with E-state index in [1.165, 1.54) is 12.8 Å². The Morgan fingerprint density at radius 3 is 2.21 bits per heavy atom. The number of benzene rings is 1. The topological polar surface area (TPSA) is 44.8 Å². The van der Waals surface area contributed by atoms with Crippen LogP contribution < -0.4 is 10.2 Å². The van der Waals surface area contributed by atoms with Crippen LogP contribution in [0.3, 0.4) is 0 Å². The fourth-order valence-electron chi connectivity index (χ4n) is 4.05. The number of hydrogen-bond acceptors (Lipinski definition) is 4. The monoisotopic (exact) mass is 413 g/mol. The number of nitrogens with zero attached hydrogens (tertiary/aromatic N) is 2. The molecule has 0 aromatic heterocycles. The lowest BCUT2D eigenvalue weighted by molar-refractivity contribution is -0.137. The van der Waals surface area contributed by atoms with Gasteiger partial charge in [-0.3, -0.25) is 5.32 Å². The van der Waals surface area contributed by atoms with Gasteiger partial charge in [0.15, 0.2) is 0 Å². The zero-order valence-corrected chi connectivity index (χ0v) is 17.3. The fraction of sp³-hybridized carbons (Fsp3) is 0.667. The average molecular weight is 413 g/mol. The highest BCUT2D eigenvalue weighted by Crippen LogP contribution is 2.35. The maximum atomic E-state index is 13.4. The smallest absolute Gasteiger partial charge is 0.416 e. The molecular weight excluding hydrogens is 383 g/mol. The maximum absolute atomic E-state index is 13.4. The van der Waals surface area contributed by atoms with Gasteiger partial charge >= 0.3 is 12.3 Å². The standard InChI is InChI=1S/C21H30F3N3O2/c1-20(2,3)29-19(28)25-16-12-15(21(22,23)24)13-18(14-16)27-10-6-17(7-11-27)26-8-4-5-9-26/h12-14,17H,4-11H2,1-3H3,(H,25,28). The van der Waals surface area contributed by atoms with Crippen molar-refractivity contribution in [3.63, 3.8) is 0 Å². The van der Waals surface area contributed by atoms with Crippen molar-refractivity contribution in [3.05, 3.63) is 23.8 Å². The molecule has 0 radical (unpaired) electrons. The van der Waals surface area contributed by atoms with E-state index in [0.717, 1.165) is 38.1 Å². The summed E-state index contributed by atoms with van der Waals surface area (Å²) in [5, 5.41) is 2.45. The number of hydrogen-bond donors (Lipinski definition) is 1. The van der Waals surface area contributed by atoms with Gasteiger partial charge < -0.3 is 14.5 Å². The highest BCUT2D eigenvalue weighted by atomic mass is 19.4. The number of anilines is 2. The number of amides is 1. The van der Waals surface area contributed by atoms with Crippen molar-refractivity contribution in [3.8, 4) is 0 Å². The summed E-state index contributed by atoms with van der Waals surface area (Å²) in [5.74, 6) is 0. The second kappa shape index (κ2) is 8.42. The molecule has 29 heavy (non-hydrogen) atoms. The van der Waals surface area contributed by atoms with Gasteiger partial charge in [-0.05, 0) is 77.7 Å². The van der Waals surface area contributed by atoms with Crippen molar-refractivity contribution in [2.75, 3.05) is 36.4 Å². The van der Waals surface area contributed by atoms with Gasteiger partial charge in [-0.2, -0.15) is 13.2 Å². The SMILES string of the molecule is CC(C)(C)OC(=O)Nc1cc(N2CCC(N3CCCC3)CC2)cc(C(F)(F)F)c1. The highest BCUT2D eigenvalue weighted by Gasteiger charge is 2.33. The third-order valence-corrected chi connectivity index (χ3v) is 5.38. The van der Waals surface area contributed by atoms with E-state index in [1.54, 1.807) is 26.8 Å². The molecule has 8 heteroatoms. The van der Waals surface area contributed by atoms with E-state index in [-0.39, 0.29) is 5.69 Å². The molecule has 1 aromatic rings. The Balaban J connectivity index is 1.74. The minimum absolute atomic E-state index is 0.0886. The summed E-state index contributed by atoms with van der Waals surface area (Å²) in [6.07, 6.45) is -0.929. The molecule has 2 aliphatic rings. The first kappa shape index (κ1) is 21.7. The van der Waals surface area contributed by atoms with E-state index < -0.39 is 23.4 Å². The van der Waals surface area contributed by atoms with E-state index in [0.29, 0.717) is 24.8 Å². The molecule has 162 valence electrons. The Morgan fingerprint density at radius 1 is 1.03 bits per heavy atom. The quantitative estimate of drug-likeness (QED) is 0.747. The van der Waals surface area contributed by atoms with Crippen molar-refractivity contribution in [1.29, 1.82) is 0 Å². The molecule has 2 fully saturated rings. The first-order valence-electron chi connectivity index (χ1n) is 10.2. The largest absolute Gasteiger partial charge is 0.444 e. The number of alkyl halides is 3. The molecule has 0 saturated carbocycles. The predicted molar refractivity (Wildman–Crippen MR) is 107 cm³/mol. The van der Waals surface area contributed by atoms with Crippen LogP contribution >= 0.6 is 0 Å². The average Bonchev–Trinajstić information content (AvgIpc) is 3.14. The number of rotatable bonds is 3. The predicted octanol–water partition coefficient (Wildman–Crippen LogP) is 5.12. The van der Waals surface area contributed by atoms with Crippen LogP contribution in [-0.4, -0.2) is 48.8 Å². The van der Waals surface area contributed by atoms with Crippen LogP contribution in [0, 0.1) is 0 Å². The lowest BCUT2D eigenvalue weighted by atomic mass is 10.0. The van der Waals surface area contributed by atoms with Gasteiger partial charge in [-0.25, -0.2) is 4.79 Å². The lowest BCUT2D eigenvalue weighted by Crippen LogP contribution is -2.43. The van der Waals surface area contributed by atoms with Crippen molar-refractivity contribution in [2.45, 2.75) is 64.3 Å². The van der Waals surface area contributed by atoms with Gasteiger partial charge in [-0.1, -0.05) is 0 Å². The molecule has 1 aromatic carbocycles. The third-order valence-electron chi connectivity index (χ3n) is 5.38. The van der Waals surface area contributed by atoms with Gasteiger partial charge in [0.1, 0.15) is 5.60 Å². The summed E-state index contributed by atoms with van der Waals surface area (Å²) in [6.45, 7) is 8.76. The number of halogens is 3. The number of piperidine rings is 1. The van der Waals surface area contributed by atoms with Crippen molar-refractivity contribution < 1.29 is 22.7 Å². The summed E-state index contributed by atoms with van der Waals surface area (Å²) in [6, 6.07) is 4.22. The first-order valence-corrected chi connectivity index (χ1v) is 10.2. The van der Waals surface area contributed by atoms with Crippen molar-refractivity contribution in [1.82, 2.24) is 4.90 Å². The molecule has 0 bridgehead atoms. The van der Waals surface area contributed by atoms with Crippen LogP contribution in [0.2, 0.25) is 0 Å². The molecule has 0 spiro atoms. The summed E-state index contributed by atoms with van der Waals surface area (Å²) >= 11 is 0.